The van der Waals surface area contributed by atoms with Gasteiger partial charge >= 0.3 is 0 Å². The molecule has 3 rings (SSSR count). The number of halogens is 1. The van der Waals surface area contributed by atoms with Crippen molar-refractivity contribution in [2.45, 2.75) is 52.2 Å². The molecule has 0 aliphatic carbocycles. The first-order valence-corrected chi connectivity index (χ1v) is 15.5. The van der Waals surface area contributed by atoms with Gasteiger partial charge in [0.25, 0.3) is 0 Å². The molecule has 0 unspecified atom stereocenters. The second-order valence-corrected chi connectivity index (χ2v) is 12.5. The van der Waals surface area contributed by atoms with E-state index in [1.54, 1.807) is 24.3 Å². The van der Waals surface area contributed by atoms with Gasteiger partial charge in [-0.05, 0) is 61.2 Å². The smallest absolute Gasteiger partial charge is 0.244 e. The molecule has 7 nitrogen and oxygen atoms in total. The first-order valence-electron chi connectivity index (χ1n) is 12.9. The predicted octanol–water partition coefficient (Wildman–Crippen LogP) is 5.08. The fourth-order valence-electron chi connectivity index (χ4n) is 4.19. The minimum atomic E-state index is -3.80. The first-order chi connectivity index (χ1) is 18.5. The third-order valence-electron chi connectivity index (χ3n) is 6.67. The lowest BCUT2D eigenvalue weighted by Gasteiger charge is -2.34. The number of hydrogen-bond donors (Lipinski definition) is 1. The number of carbonyl (C=O) groups is 2. The van der Waals surface area contributed by atoms with E-state index in [1.165, 1.54) is 4.90 Å². The van der Waals surface area contributed by atoms with Gasteiger partial charge in [0, 0.05) is 23.5 Å². The second-order valence-electron chi connectivity index (χ2n) is 9.72. The van der Waals surface area contributed by atoms with Crippen molar-refractivity contribution in [1.82, 2.24) is 10.2 Å². The number of rotatable bonds is 12. The molecule has 0 bridgehead atoms. The summed E-state index contributed by atoms with van der Waals surface area (Å²) < 4.78 is 27.5. The number of anilines is 1. The predicted molar refractivity (Wildman–Crippen MR) is 160 cm³/mol. The van der Waals surface area contributed by atoms with Crippen LogP contribution in [0.2, 0.25) is 0 Å². The van der Waals surface area contributed by atoms with Gasteiger partial charge in [-0.3, -0.25) is 13.9 Å². The fraction of sp³-hybridized carbons (Fsp3) is 0.333. The average Bonchev–Trinajstić information content (AvgIpc) is 2.90. The SMILES string of the molecule is CC[C@@H](C)NC(=O)[C@H](Cc1ccccc1)N(Cc1ccccc1C)C(=O)CN(c1ccc(Br)cc1)S(C)(=O)=O. The zero-order valence-corrected chi connectivity index (χ0v) is 25.2. The largest absolute Gasteiger partial charge is 0.352 e. The maximum atomic E-state index is 14.1. The van der Waals surface area contributed by atoms with Gasteiger partial charge in [0.15, 0.2) is 0 Å². The fourth-order valence-corrected chi connectivity index (χ4v) is 5.30. The molecule has 0 heterocycles. The monoisotopic (exact) mass is 613 g/mol. The van der Waals surface area contributed by atoms with Crippen molar-refractivity contribution in [3.05, 3.63) is 100 Å². The summed E-state index contributed by atoms with van der Waals surface area (Å²) in [6, 6.07) is 23.0. The van der Waals surface area contributed by atoms with E-state index in [0.29, 0.717) is 5.69 Å². The van der Waals surface area contributed by atoms with Gasteiger partial charge in [-0.15, -0.1) is 0 Å². The highest BCUT2D eigenvalue weighted by atomic mass is 79.9. The van der Waals surface area contributed by atoms with Crippen LogP contribution >= 0.6 is 15.9 Å². The second kappa shape index (κ2) is 13.8. The molecule has 2 atom stereocenters. The molecule has 0 saturated heterocycles. The minimum absolute atomic E-state index is 0.0820. The molecule has 0 aliphatic heterocycles. The van der Waals surface area contributed by atoms with Crippen molar-refractivity contribution in [3.8, 4) is 0 Å². The number of hydrogen-bond acceptors (Lipinski definition) is 4. The molecule has 0 spiro atoms. The van der Waals surface area contributed by atoms with E-state index in [9.17, 15) is 18.0 Å². The van der Waals surface area contributed by atoms with Gasteiger partial charge in [-0.1, -0.05) is 77.5 Å². The Morgan fingerprint density at radius 3 is 2.15 bits per heavy atom. The summed E-state index contributed by atoms with van der Waals surface area (Å²) >= 11 is 3.37. The maximum absolute atomic E-state index is 14.1. The van der Waals surface area contributed by atoms with Crippen molar-refractivity contribution in [1.29, 1.82) is 0 Å². The summed E-state index contributed by atoms with van der Waals surface area (Å²) in [6.45, 7) is 5.58. The number of sulfonamides is 1. The van der Waals surface area contributed by atoms with Crippen LogP contribution < -0.4 is 9.62 Å². The molecule has 3 aromatic carbocycles. The third-order valence-corrected chi connectivity index (χ3v) is 8.34. The lowest BCUT2D eigenvalue weighted by atomic mass is 10.0. The van der Waals surface area contributed by atoms with Crippen LogP contribution in [-0.4, -0.2) is 50.0 Å². The lowest BCUT2D eigenvalue weighted by Crippen LogP contribution is -2.54. The topological polar surface area (TPSA) is 86.8 Å². The third kappa shape index (κ3) is 8.66. The van der Waals surface area contributed by atoms with Crippen molar-refractivity contribution in [3.63, 3.8) is 0 Å². The van der Waals surface area contributed by atoms with Crippen molar-refractivity contribution < 1.29 is 18.0 Å². The summed E-state index contributed by atoms with van der Waals surface area (Å²) in [5, 5.41) is 3.04. The van der Waals surface area contributed by atoms with Crippen LogP contribution in [0.1, 0.15) is 37.0 Å². The van der Waals surface area contributed by atoms with Gasteiger partial charge in [0.1, 0.15) is 12.6 Å². The first kappa shape index (κ1) is 30.4. The molecule has 0 aromatic heterocycles. The quantitative estimate of drug-likeness (QED) is 0.309. The zero-order chi connectivity index (χ0) is 28.6. The Labute approximate surface area is 240 Å². The average molecular weight is 615 g/mol. The number of carbonyl (C=O) groups excluding carboxylic acids is 2. The van der Waals surface area contributed by atoms with Crippen molar-refractivity contribution in [2.24, 2.45) is 0 Å². The van der Waals surface area contributed by atoms with Crippen LogP contribution in [0.4, 0.5) is 5.69 Å². The van der Waals surface area contributed by atoms with Gasteiger partial charge in [0.2, 0.25) is 21.8 Å². The Hall–Kier alpha value is -3.17. The molecule has 2 amide bonds. The van der Waals surface area contributed by atoms with E-state index in [-0.39, 0.29) is 24.9 Å². The van der Waals surface area contributed by atoms with Crippen LogP contribution in [-0.2, 0) is 32.6 Å². The molecule has 0 saturated carbocycles. The summed E-state index contributed by atoms with van der Waals surface area (Å²) in [5.41, 5.74) is 3.13. The molecular formula is C30H36BrN3O4S. The van der Waals surface area contributed by atoms with E-state index in [2.05, 4.69) is 21.2 Å². The molecule has 39 heavy (non-hydrogen) atoms. The standard InChI is InChI=1S/C30H36BrN3O4S/c1-5-23(3)32-30(36)28(19-24-12-7-6-8-13-24)33(20-25-14-10-9-11-22(25)2)29(35)21-34(39(4,37)38)27-17-15-26(31)16-18-27/h6-18,23,28H,5,19-21H2,1-4H3,(H,32,36)/t23-,28+/m1/s1. The van der Waals surface area contributed by atoms with E-state index in [4.69, 9.17) is 0 Å². The Balaban J connectivity index is 2.06. The molecule has 9 heteroatoms. The molecule has 1 N–H and O–H groups in total. The number of aryl methyl sites for hydroxylation is 1. The Morgan fingerprint density at radius 1 is 0.949 bits per heavy atom. The van der Waals surface area contributed by atoms with Crippen LogP contribution in [0.3, 0.4) is 0 Å². The summed E-state index contributed by atoms with van der Waals surface area (Å²) in [4.78, 5) is 29.3. The zero-order valence-electron chi connectivity index (χ0n) is 22.8. The van der Waals surface area contributed by atoms with E-state index < -0.39 is 28.5 Å². The number of amides is 2. The Kier molecular flexibility index (Phi) is 10.7. The summed E-state index contributed by atoms with van der Waals surface area (Å²) in [5.74, 6) is -0.739. The molecule has 208 valence electrons. The molecule has 3 aromatic rings. The summed E-state index contributed by atoms with van der Waals surface area (Å²) in [6.07, 6.45) is 2.10. The van der Waals surface area contributed by atoms with Crippen LogP contribution in [0.5, 0.6) is 0 Å². The Morgan fingerprint density at radius 2 is 1.56 bits per heavy atom. The van der Waals surface area contributed by atoms with Crippen LogP contribution in [0.15, 0.2) is 83.3 Å². The van der Waals surface area contributed by atoms with Crippen molar-refractivity contribution in [2.75, 3.05) is 17.1 Å². The number of nitrogens with one attached hydrogen (secondary N) is 1. The molecule has 0 radical (unpaired) electrons. The highest BCUT2D eigenvalue weighted by Crippen LogP contribution is 2.23. The summed E-state index contributed by atoms with van der Waals surface area (Å²) in [7, 11) is -3.80. The maximum Gasteiger partial charge on any atom is 0.244 e. The number of benzene rings is 3. The number of nitrogens with zero attached hydrogens (tertiary/aromatic N) is 2. The van der Waals surface area contributed by atoms with E-state index >= 15 is 0 Å². The van der Waals surface area contributed by atoms with Gasteiger partial charge in [-0.2, -0.15) is 0 Å². The highest BCUT2D eigenvalue weighted by Gasteiger charge is 2.33. The molecular weight excluding hydrogens is 578 g/mol. The van der Waals surface area contributed by atoms with Crippen molar-refractivity contribution >= 4 is 43.5 Å². The highest BCUT2D eigenvalue weighted by molar-refractivity contribution is 9.10. The Bertz CT molecular complexity index is 1360. The van der Waals surface area contributed by atoms with Crippen LogP contribution in [0.25, 0.3) is 0 Å². The molecule has 0 aliphatic rings. The normalized spacial score (nSPS) is 12.8. The molecule has 0 fully saturated rings. The van der Waals surface area contributed by atoms with Gasteiger partial charge < -0.3 is 10.2 Å². The van der Waals surface area contributed by atoms with E-state index in [1.807, 2.05) is 75.4 Å². The van der Waals surface area contributed by atoms with Gasteiger partial charge in [0.05, 0.1) is 11.9 Å². The van der Waals surface area contributed by atoms with E-state index in [0.717, 1.165) is 38.1 Å². The van der Waals surface area contributed by atoms with Gasteiger partial charge in [-0.25, -0.2) is 8.42 Å². The van der Waals surface area contributed by atoms with Crippen LogP contribution in [0, 0.1) is 6.92 Å². The lowest BCUT2D eigenvalue weighted by molar-refractivity contribution is -0.140. The minimum Gasteiger partial charge on any atom is -0.352 e.